The van der Waals surface area contributed by atoms with Gasteiger partial charge in [-0.3, -0.25) is 4.79 Å². The predicted octanol–water partition coefficient (Wildman–Crippen LogP) is -0.279. The number of aliphatic hydroxyl groups is 1. The molecule has 1 heterocycles. The number of amides is 1. The van der Waals surface area contributed by atoms with E-state index >= 15 is 0 Å². The molecular weight excluding hydrogens is 192 g/mol. The molecule has 0 bridgehead atoms. The van der Waals surface area contributed by atoms with Crippen molar-refractivity contribution < 1.29 is 9.90 Å². The fraction of sp³-hybridized carbons (Fsp3) is 0.364. The van der Waals surface area contributed by atoms with E-state index in [1.165, 1.54) is 0 Å². The van der Waals surface area contributed by atoms with E-state index in [4.69, 9.17) is 5.73 Å². The topological polar surface area (TPSA) is 75.4 Å². The van der Waals surface area contributed by atoms with E-state index in [2.05, 4.69) is 5.32 Å². The summed E-state index contributed by atoms with van der Waals surface area (Å²) in [6.45, 7) is 0.366. The lowest BCUT2D eigenvalue weighted by molar-refractivity contribution is -0.120. The number of hydrogen-bond acceptors (Lipinski definition) is 3. The number of carbonyl (C=O) groups is 1. The van der Waals surface area contributed by atoms with Gasteiger partial charge < -0.3 is 16.2 Å². The molecule has 0 saturated carbocycles. The molecule has 0 aromatic heterocycles. The van der Waals surface area contributed by atoms with Gasteiger partial charge in [-0.1, -0.05) is 30.3 Å². The summed E-state index contributed by atoms with van der Waals surface area (Å²) in [4.78, 5) is 11.0. The summed E-state index contributed by atoms with van der Waals surface area (Å²) in [5.74, 6) is -0.415. The van der Waals surface area contributed by atoms with Gasteiger partial charge in [0.25, 0.3) is 0 Å². The number of β-amino-alcohol motifs (C(OH)–C–C–N with tert-alkyl or cyclic N) is 1. The molecular formula is C11H14N2O2. The van der Waals surface area contributed by atoms with Gasteiger partial charge in [0.15, 0.2) is 0 Å². The highest BCUT2D eigenvalue weighted by Crippen LogP contribution is 2.30. The first-order valence-corrected chi connectivity index (χ1v) is 4.92. The van der Waals surface area contributed by atoms with Crippen LogP contribution in [-0.4, -0.2) is 23.6 Å². The van der Waals surface area contributed by atoms with Crippen molar-refractivity contribution in [3.05, 3.63) is 35.9 Å². The smallest absolute Gasteiger partial charge is 0.234 e. The number of hydrogen-bond donors (Lipinski definition) is 3. The van der Waals surface area contributed by atoms with Crippen LogP contribution in [0.15, 0.2) is 30.3 Å². The minimum atomic E-state index is -0.971. The van der Waals surface area contributed by atoms with Gasteiger partial charge in [0.1, 0.15) is 5.60 Å². The SMILES string of the molecule is NC(=O)[C@@H]1C[C@@](O)(c2ccccc2)CN1. The van der Waals surface area contributed by atoms with Crippen LogP contribution in [-0.2, 0) is 10.4 Å². The van der Waals surface area contributed by atoms with Crippen molar-refractivity contribution in [1.29, 1.82) is 0 Å². The van der Waals surface area contributed by atoms with Crippen LogP contribution in [0.1, 0.15) is 12.0 Å². The fourth-order valence-electron chi connectivity index (χ4n) is 1.94. The molecule has 1 amide bonds. The summed E-state index contributed by atoms with van der Waals surface area (Å²) in [7, 11) is 0. The Morgan fingerprint density at radius 2 is 2.13 bits per heavy atom. The lowest BCUT2D eigenvalue weighted by Gasteiger charge is -2.21. The second kappa shape index (κ2) is 3.64. The maximum absolute atomic E-state index is 11.0. The van der Waals surface area contributed by atoms with Crippen LogP contribution in [0.3, 0.4) is 0 Å². The molecule has 80 valence electrons. The maximum Gasteiger partial charge on any atom is 0.234 e. The Morgan fingerprint density at radius 3 is 2.67 bits per heavy atom. The first-order chi connectivity index (χ1) is 7.12. The van der Waals surface area contributed by atoms with Gasteiger partial charge in [-0.15, -0.1) is 0 Å². The molecule has 2 rings (SSSR count). The zero-order valence-corrected chi connectivity index (χ0v) is 8.31. The third-order valence-electron chi connectivity index (χ3n) is 2.84. The molecule has 4 nitrogen and oxygen atoms in total. The van der Waals surface area contributed by atoms with Crippen molar-refractivity contribution >= 4 is 5.91 Å². The Labute approximate surface area is 88.1 Å². The highest BCUT2D eigenvalue weighted by atomic mass is 16.3. The Balaban J connectivity index is 2.20. The minimum absolute atomic E-state index is 0.340. The molecule has 0 spiro atoms. The second-order valence-electron chi connectivity index (χ2n) is 3.94. The second-order valence-corrected chi connectivity index (χ2v) is 3.94. The molecule has 0 unspecified atom stereocenters. The molecule has 4 N–H and O–H groups in total. The van der Waals surface area contributed by atoms with Crippen molar-refractivity contribution in [2.24, 2.45) is 5.73 Å². The molecule has 1 fully saturated rings. The highest BCUT2D eigenvalue weighted by Gasteiger charge is 2.40. The summed E-state index contributed by atoms with van der Waals surface area (Å²) < 4.78 is 0. The highest BCUT2D eigenvalue weighted by molar-refractivity contribution is 5.80. The number of nitrogens with one attached hydrogen (secondary N) is 1. The van der Waals surface area contributed by atoms with Gasteiger partial charge in [-0.25, -0.2) is 0 Å². The van der Waals surface area contributed by atoms with E-state index in [-0.39, 0.29) is 0 Å². The zero-order valence-electron chi connectivity index (χ0n) is 8.31. The maximum atomic E-state index is 11.0. The third-order valence-corrected chi connectivity index (χ3v) is 2.84. The van der Waals surface area contributed by atoms with Gasteiger partial charge in [0, 0.05) is 13.0 Å². The fourth-order valence-corrected chi connectivity index (χ4v) is 1.94. The summed E-state index contributed by atoms with van der Waals surface area (Å²) in [6.07, 6.45) is 0.340. The molecule has 4 heteroatoms. The van der Waals surface area contributed by atoms with Crippen LogP contribution >= 0.6 is 0 Å². The van der Waals surface area contributed by atoms with Crippen LogP contribution in [0.4, 0.5) is 0 Å². The summed E-state index contributed by atoms with van der Waals surface area (Å²) in [6, 6.07) is 8.89. The van der Waals surface area contributed by atoms with E-state index in [1.54, 1.807) is 0 Å². The van der Waals surface area contributed by atoms with Gasteiger partial charge in [0.05, 0.1) is 6.04 Å². The Hall–Kier alpha value is -1.39. The molecule has 1 saturated heterocycles. The van der Waals surface area contributed by atoms with Crippen LogP contribution in [0.5, 0.6) is 0 Å². The normalized spacial score (nSPS) is 30.3. The van der Waals surface area contributed by atoms with E-state index < -0.39 is 17.6 Å². The van der Waals surface area contributed by atoms with Crippen molar-refractivity contribution in [3.8, 4) is 0 Å². The standard InChI is InChI=1S/C11H14N2O2/c12-10(14)9-6-11(15,7-13-9)8-4-2-1-3-5-8/h1-5,9,13,15H,6-7H2,(H2,12,14)/t9-,11-/m0/s1. The van der Waals surface area contributed by atoms with E-state index in [0.717, 1.165) is 5.56 Å². The average molecular weight is 206 g/mol. The van der Waals surface area contributed by atoms with Gasteiger partial charge in [0.2, 0.25) is 5.91 Å². The number of primary amides is 1. The summed E-state index contributed by atoms with van der Waals surface area (Å²) in [5.41, 5.74) is 5.03. The van der Waals surface area contributed by atoms with Crippen molar-refractivity contribution in [1.82, 2.24) is 5.32 Å². The van der Waals surface area contributed by atoms with Crippen LogP contribution in [0.2, 0.25) is 0 Å². The van der Waals surface area contributed by atoms with Gasteiger partial charge in [-0.2, -0.15) is 0 Å². The quantitative estimate of drug-likeness (QED) is 0.623. The number of nitrogens with two attached hydrogens (primary N) is 1. The average Bonchev–Trinajstić information content (AvgIpc) is 2.64. The first kappa shape index (κ1) is 10.1. The van der Waals surface area contributed by atoms with Crippen LogP contribution in [0.25, 0.3) is 0 Å². The van der Waals surface area contributed by atoms with E-state index in [1.807, 2.05) is 30.3 Å². The van der Waals surface area contributed by atoms with Crippen molar-refractivity contribution in [2.45, 2.75) is 18.1 Å². The zero-order chi connectivity index (χ0) is 10.9. The Bertz CT molecular complexity index is 366. The summed E-state index contributed by atoms with van der Waals surface area (Å²) >= 11 is 0. The van der Waals surface area contributed by atoms with Crippen molar-refractivity contribution in [3.63, 3.8) is 0 Å². The lowest BCUT2D eigenvalue weighted by atomic mass is 9.91. The number of rotatable bonds is 2. The molecule has 1 aliphatic rings. The molecule has 2 atom stereocenters. The molecule has 0 aliphatic carbocycles. The minimum Gasteiger partial charge on any atom is -0.384 e. The molecule has 1 aliphatic heterocycles. The first-order valence-electron chi connectivity index (χ1n) is 4.92. The van der Waals surface area contributed by atoms with E-state index in [0.29, 0.717) is 13.0 Å². The van der Waals surface area contributed by atoms with Crippen LogP contribution in [0, 0.1) is 0 Å². The number of carbonyl (C=O) groups excluding carboxylic acids is 1. The Kier molecular flexibility index (Phi) is 2.46. The van der Waals surface area contributed by atoms with E-state index in [9.17, 15) is 9.90 Å². The summed E-state index contributed by atoms with van der Waals surface area (Å²) in [5, 5.41) is 13.2. The van der Waals surface area contributed by atoms with Gasteiger partial charge >= 0.3 is 0 Å². The predicted molar refractivity (Wildman–Crippen MR) is 55.9 cm³/mol. The van der Waals surface area contributed by atoms with Crippen LogP contribution < -0.4 is 11.1 Å². The largest absolute Gasteiger partial charge is 0.384 e. The lowest BCUT2D eigenvalue weighted by Crippen LogP contribution is -2.36. The van der Waals surface area contributed by atoms with Crippen molar-refractivity contribution in [2.75, 3.05) is 6.54 Å². The monoisotopic (exact) mass is 206 g/mol. The molecule has 15 heavy (non-hydrogen) atoms. The molecule has 0 radical (unpaired) electrons. The Morgan fingerprint density at radius 1 is 1.47 bits per heavy atom. The van der Waals surface area contributed by atoms with Gasteiger partial charge in [-0.05, 0) is 5.56 Å². The molecule has 1 aromatic carbocycles. The number of benzene rings is 1. The molecule has 1 aromatic rings. The third kappa shape index (κ3) is 1.86.